The van der Waals surface area contributed by atoms with E-state index >= 15 is 0 Å². The number of ether oxygens (including phenoxy) is 1. The fourth-order valence-electron chi connectivity index (χ4n) is 3.37. The third-order valence-corrected chi connectivity index (χ3v) is 4.66. The van der Waals surface area contributed by atoms with Gasteiger partial charge in [0.2, 0.25) is 0 Å². The van der Waals surface area contributed by atoms with Gasteiger partial charge in [-0.05, 0) is 24.1 Å². The standard InChI is InChI=1S/C24H26N2O2/c1-3-25-24(27)26(18-21-16-10-11-17-22(21)28-2)23(19-12-6-4-7-13-19)20-14-8-5-9-15-20/h4-17,23H,3,18H2,1-2H3,(H,25,27). The van der Waals surface area contributed by atoms with E-state index in [1.54, 1.807) is 7.11 Å². The van der Waals surface area contributed by atoms with Gasteiger partial charge < -0.3 is 15.0 Å². The molecule has 0 aliphatic carbocycles. The SMILES string of the molecule is CCNC(=O)N(Cc1ccccc1OC)C(c1ccccc1)c1ccccc1. The summed E-state index contributed by atoms with van der Waals surface area (Å²) in [5.41, 5.74) is 3.10. The van der Waals surface area contributed by atoms with Crippen molar-refractivity contribution in [2.45, 2.75) is 19.5 Å². The van der Waals surface area contributed by atoms with Gasteiger partial charge in [0.25, 0.3) is 0 Å². The van der Waals surface area contributed by atoms with Crippen molar-refractivity contribution in [1.29, 1.82) is 0 Å². The van der Waals surface area contributed by atoms with E-state index in [9.17, 15) is 4.79 Å². The highest BCUT2D eigenvalue weighted by molar-refractivity contribution is 5.75. The van der Waals surface area contributed by atoms with Crippen LogP contribution in [0.15, 0.2) is 84.9 Å². The lowest BCUT2D eigenvalue weighted by molar-refractivity contribution is 0.180. The Morgan fingerprint density at radius 1 is 0.893 bits per heavy atom. The highest BCUT2D eigenvalue weighted by Gasteiger charge is 2.27. The van der Waals surface area contributed by atoms with Gasteiger partial charge in [0.05, 0.1) is 19.7 Å². The number of hydrogen-bond acceptors (Lipinski definition) is 2. The van der Waals surface area contributed by atoms with E-state index < -0.39 is 0 Å². The number of methoxy groups -OCH3 is 1. The van der Waals surface area contributed by atoms with Crippen LogP contribution in [0.2, 0.25) is 0 Å². The van der Waals surface area contributed by atoms with Crippen LogP contribution in [-0.2, 0) is 6.54 Å². The normalized spacial score (nSPS) is 10.5. The maximum absolute atomic E-state index is 13.1. The molecule has 0 bridgehead atoms. The Balaban J connectivity index is 2.08. The van der Waals surface area contributed by atoms with E-state index in [0.29, 0.717) is 13.1 Å². The number of benzene rings is 3. The second-order valence-electron chi connectivity index (χ2n) is 6.50. The molecule has 2 amide bonds. The first-order valence-electron chi connectivity index (χ1n) is 9.50. The molecule has 0 unspecified atom stereocenters. The number of nitrogens with one attached hydrogen (secondary N) is 1. The zero-order valence-electron chi connectivity index (χ0n) is 16.3. The number of carbonyl (C=O) groups excluding carboxylic acids is 1. The molecule has 4 nitrogen and oxygen atoms in total. The molecule has 144 valence electrons. The van der Waals surface area contributed by atoms with Gasteiger partial charge >= 0.3 is 6.03 Å². The van der Waals surface area contributed by atoms with Gasteiger partial charge in [-0.2, -0.15) is 0 Å². The molecule has 3 aromatic carbocycles. The summed E-state index contributed by atoms with van der Waals surface area (Å²) in [5, 5.41) is 2.97. The van der Waals surface area contributed by atoms with E-state index in [1.165, 1.54) is 0 Å². The molecule has 0 saturated heterocycles. The number of hydrogen-bond donors (Lipinski definition) is 1. The fourth-order valence-corrected chi connectivity index (χ4v) is 3.37. The maximum atomic E-state index is 13.1. The van der Waals surface area contributed by atoms with Crippen molar-refractivity contribution in [3.05, 3.63) is 102 Å². The molecular weight excluding hydrogens is 348 g/mol. The molecule has 0 saturated carbocycles. The summed E-state index contributed by atoms with van der Waals surface area (Å²) in [6, 6.07) is 27.7. The predicted octanol–water partition coefficient (Wildman–Crippen LogP) is 5.02. The van der Waals surface area contributed by atoms with Crippen LogP contribution >= 0.6 is 0 Å². The smallest absolute Gasteiger partial charge is 0.318 e. The van der Waals surface area contributed by atoms with E-state index in [-0.39, 0.29) is 12.1 Å². The molecule has 0 heterocycles. The Kier molecular flexibility index (Phi) is 6.68. The highest BCUT2D eigenvalue weighted by Crippen LogP contribution is 2.31. The second kappa shape index (κ2) is 9.60. The van der Waals surface area contributed by atoms with Crippen molar-refractivity contribution in [3.63, 3.8) is 0 Å². The van der Waals surface area contributed by atoms with Gasteiger partial charge in [0, 0.05) is 12.1 Å². The quantitative estimate of drug-likeness (QED) is 0.631. The third-order valence-electron chi connectivity index (χ3n) is 4.66. The Bertz CT molecular complexity index is 842. The third kappa shape index (κ3) is 4.52. The van der Waals surface area contributed by atoms with Crippen LogP contribution < -0.4 is 10.1 Å². The second-order valence-corrected chi connectivity index (χ2v) is 6.50. The van der Waals surface area contributed by atoms with Gasteiger partial charge in [-0.3, -0.25) is 0 Å². The lowest BCUT2D eigenvalue weighted by atomic mass is 9.96. The molecule has 0 aromatic heterocycles. The monoisotopic (exact) mass is 374 g/mol. The molecule has 4 heteroatoms. The number of amides is 2. The largest absolute Gasteiger partial charge is 0.496 e. The Morgan fingerprint density at radius 2 is 1.43 bits per heavy atom. The summed E-state index contributed by atoms with van der Waals surface area (Å²) < 4.78 is 5.52. The number of carbonyl (C=O) groups is 1. The molecular formula is C24H26N2O2. The maximum Gasteiger partial charge on any atom is 0.318 e. The van der Waals surface area contributed by atoms with Crippen LogP contribution in [0, 0.1) is 0 Å². The first kappa shape index (κ1) is 19.5. The van der Waals surface area contributed by atoms with Crippen molar-refractivity contribution in [1.82, 2.24) is 10.2 Å². The zero-order valence-corrected chi connectivity index (χ0v) is 16.3. The van der Waals surface area contributed by atoms with Gasteiger partial charge in [0.15, 0.2) is 0 Å². The molecule has 0 spiro atoms. The molecule has 0 radical (unpaired) electrons. The minimum absolute atomic E-state index is 0.105. The Hall–Kier alpha value is -3.27. The van der Waals surface area contributed by atoms with E-state index in [1.807, 2.05) is 72.5 Å². The van der Waals surface area contributed by atoms with E-state index in [2.05, 4.69) is 29.6 Å². The van der Waals surface area contributed by atoms with Gasteiger partial charge in [-0.15, -0.1) is 0 Å². The van der Waals surface area contributed by atoms with Crippen LogP contribution in [0.5, 0.6) is 5.75 Å². The summed E-state index contributed by atoms with van der Waals surface area (Å²) in [4.78, 5) is 15.0. The van der Waals surface area contributed by atoms with Crippen LogP contribution in [0.3, 0.4) is 0 Å². The van der Waals surface area contributed by atoms with Gasteiger partial charge in [-0.1, -0.05) is 78.9 Å². The summed E-state index contributed by atoms with van der Waals surface area (Å²) in [6.45, 7) is 2.93. The summed E-state index contributed by atoms with van der Waals surface area (Å²) in [6.07, 6.45) is 0. The van der Waals surface area contributed by atoms with Crippen molar-refractivity contribution in [3.8, 4) is 5.75 Å². The molecule has 3 rings (SSSR count). The molecule has 0 atom stereocenters. The summed E-state index contributed by atoms with van der Waals surface area (Å²) >= 11 is 0. The molecule has 0 fully saturated rings. The molecule has 1 N–H and O–H groups in total. The Labute approximate surface area is 166 Å². The highest BCUT2D eigenvalue weighted by atomic mass is 16.5. The number of urea groups is 1. The average molecular weight is 374 g/mol. The first-order chi connectivity index (χ1) is 13.7. The van der Waals surface area contributed by atoms with Gasteiger partial charge in [0.1, 0.15) is 5.75 Å². The summed E-state index contributed by atoms with van der Waals surface area (Å²) in [7, 11) is 1.65. The van der Waals surface area contributed by atoms with Crippen LogP contribution in [-0.4, -0.2) is 24.6 Å². The van der Waals surface area contributed by atoms with E-state index in [0.717, 1.165) is 22.4 Å². The van der Waals surface area contributed by atoms with Crippen molar-refractivity contribution in [2.75, 3.05) is 13.7 Å². The van der Waals surface area contributed by atoms with Gasteiger partial charge in [-0.25, -0.2) is 4.79 Å². The number of nitrogens with zero attached hydrogens (tertiary/aromatic N) is 1. The molecule has 0 aliphatic rings. The average Bonchev–Trinajstić information content (AvgIpc) is 2.75. The number of para-hydroxylation sites is 1. The van der Waals surface area contributed by atoms with Crippen molar-refractivity contribution >= 4 is 6.03 Å². The minimum atomic E-state index is -0.209. The minimum Gasteiger partial charge on any atom is -0.496 e. The van der Waals surface area contributed by atoms with Crippen LogP contribution in [0.1, 0.15) is 29.7 Å². The predicted molar refractivity (Wildman–Crippen MR) is 112 cm³/mol. The van der Waals surface area contributed by atoms with Crippen LogP contribution in [0.25, 0.3) is 0 Å². The van der Waals surface area contributed by atoms with Crippen molar-refractivity contribution < 1.29 is 9.53 Å². The Morgan fingerprint density at radius 3 is 1.96 bits per heavy atom. The topological polar surface area (TPSA) is 41.6 Å². The van der Waals surface area contributed by atoms with E-state index in [4.69, 9.17) is 4.74 Å². The lowest BCUT2D eigenvalue weighted by Gasteiger charge is -2.33. The zero-order chi connectivity index (χ0) is 19.8. The van der Waals surface area contributed by atoms with Crippen LogP contribution in [0.4, 0.5) is 4.79 Å². The number of rotatable bonds is 7. The molecule has 0 aliphatic heterocycles. The first-order valence-corrected chi connectivity index (χ1v) is 9.50. The van der Waals surface area contributed by atoms with Crippen molar-refractivity contribution in [2.24, 2.45) is 0 Å². The molecule has 3 aromatic rings. The summed E-state index contributed by atoms with van der Waals surface area (Å²) in [5.74, 6) is 0.775. The fraction of sp³-hybridized carbons (Fsp3) is 0.208. The molecule has 28 heavy (non-hydrogen) atoms. The lowest BCUT2D eigenvalue weighted by Crippen LogP contribution is -2.42.